The molecule has 1 heterocycles. The van der Waals surface area contributed by atoms with Crippen molar-refractivity contribution >= 4 is 0 Å². The standard InChI is InChI=1S/C15H25N3/c1-3-9-18-14(13-10-16-12-17-11-13)15(4-2)7-5-6-8-15/h10-12,14,18H,3-9H2,1-2H3. The van der Waals surface area contributed by atoms with Gasteiger partial charge >= 0.3 is 0 Å². The third kappa shape index (κ3) is 2.72. The summed E-state index contributed by atoms with van der Waals surface area (Å²) in [5.74, 6) is 0. The van der Waals surface area contributed by atoms with Gasteiger partial charge < -0.3 is 5.32 Å². The number of nitrogens with one attached hydrogen (secondary N) is 1. The SMILES string of the molecule is CCCNC(c1cncnc1)C1(CC)CCCC1. The molecule has 1 atom stereocenters. The third-order valence-corrected chi connectivity index (χ3v) is 4.43. The van der Waals surface area contributed by atoms with Crippen molar-refractivity contribution < 1.29 is 0 Å². The second kappa shape index (κ2) is 6.28. The van der Waals surface area contributed by atoms with Gasteiger partial charge in [-0.05, 0) is 37.6 Å². The van der Waals surface area contributed by atoms with Gasteiger partial charge in [0.15, 0.2) is 0 Å². The summed E-state index contributed by atoms with van der Waals surface area (Å²) in [6.07, 6.45) is 13.4. The lowest BCUT2D eigenvalue weighted by Gasteiger charge is -2.37. The molecular weight excluding hydrogens is 222 g/mol. The van der Waals surface area contributed by atoms with Crippen LogP contribution in [0.4, 0.5) is 0 Å². The fourth-order valence-electron chi connectivity index (χ4n) is 3.36. The van der Waals surface area contributed by atoms with Crippen molar-refractivity contribution in [2.75, 3.05) is 6.54 Å². The lowest BCUT2D eigenvalue weighted by molar-refractivity contribution is 0.186. The van der Waals surface area contributed by atoms with Gasteiger partial charge in [0.25, 0.3) is 0 Å². The molecule has 3 heteroatoms. The van der Waals surface area contributed by atoms with E-state index in [-0.39, 0.29) is 0 Å². The van der Waals surface area contributed by atoms with Crippen LogP contribution in [0.2, 0.25) is 0 Å². The maximum Gasteiger partial charge on any atom is 0.115 e. The topological polar surface area (TPSA) is 37.8 Å². The minimum atomic E-state index is 0.417. The van der Waals surface area contributed by atoms with Crippen molar-refractivity contribution in [3.05, 3.63) is 24.3 Å². The summed E-state index contributed by atoms with van der Waals surface area (Å²) in [4.78, 5) is 8.40. The highest BCUT2D eigenvalue weighted by molar-refractivity contribution is 5.15. The Balaban J connectivity index is 2.24. The van der Waals surface area contributed by atoms with Gasteiger partial charge in [-0.1, -0.05) is 26.7 Å². The molecule has 3 nitrogen and oxygen atoms in total. The largest absolute Gasteiger partial charge is 0.309 e. The molecule has 18 heavy (non-hydrogen) atoms. The molecule has 0 aliphatic heterocycles. The van der Waals surface area contributed by atoms with Crippen LogP contribution in [0.1, 0.15) is 64.0 Å². The molecule has 1 fully saturated rings. The van der Waals surface area contributed by atoms with Gasteiger partial charge in [-0.15, -0.1) is 0 Å². The van der Waals surface area contributed by atoms with Crippen molar-refractivity contribution in [3.8, 4) is 0 Å². The van der Waals surface area contributed by atoms with Crippen LogP contribution in [0, 0.1) is 5.41 Å². The van der Waals surface area contributed by atoms with Crippen LogP contribution in [0.25, 0.3) is 0 Å². The van der Waals surface area contributed by atoms with Crippen molar-refractivity contribution in [1.82, 2.24) is 15.3 Å². The van der Waals surface area contributed by atoms with E-state index in [1.54, 1.807) is 6.33 Å². The van der Waals surface area contributed by atoms with E-state index in [9.17, 15) is 0 Å². The lowest BCUT2D eigenvalue weighted by atomic mass is 9.74. The Morgan fingerprint density at radius 3 is 2.44 bits per heavy atom. The van der Waals surface area contributed by atoms with Crippen LogP contribution in [-0.4, -0.2) is 16.5 Å². The number of aromatic nitrogens is 2. The molecule has 0 bridgehead atoms. The highest BCUT2D eigenvalue weighted by atomic mass is 14.9. The molecule has 1 aromatic rings. The zero-order valence-electron chi connectivity index (χ0n) is 11.7. The van der Waals surface area contributed by atoms with E-state index in [0.717, 1.165) is 6.54 Å². The molecule has 0 aromatic carbocycles. The van der Waals surface area contributed by atoms with E-state index in [0.29, 0.717) is 11.5 Å². The maximum absolute atomic E-state index is 4.20. The molecule has 0 radical (unpaired) electrons. The number of hydrogen-bond acceptors (Lipinski definition) is 3. The molecule has 0 saturated heterocycles. The van der Waals surface area contributed by atoms with Crippen LogP contribution in [0.5, 0.6) is 0 Å². The second-order valence-electron chi connectivity index (χ2n) is 5.48. The summed E-state index contributed by atoms with van der Waals surface area (Å²) < 4.78 is 0. The molecule has 0 amide bonds. The van der Waals surface area contributed by atoms with Gasteiger partial charge in [-0.3, -0.25) is 0 Å². The summed E-state index contributed by atoms with van der Waals surface area (Å²) in [7, 11) is 0. The second-order valence-corrected chi connectivity index (χ2v) is 5.48. The predicted octanol–water partition coefficient (Wildman–Crippen LogP) is 3.49. The van der Waals surface area contributed by atoms with E-state index in [4.69, 9.17) is 0 Å². The van der Waals surface area contributed by atoms with Crippen molar-refractivity contribution in [1.29, 1.82) is 0 Å². The van der Waals surface area contributed by atoms with Crippen LogP contribution in [-0.2, 0) is 0 Å². The number of hydrogen-bond donors (Lipinski definition) is 1. The van der Waals surface area contributed by atoms with Crippen LogP contribution in [0.15, 0.2) is 18.7 Å². The highest BCUT2D eigenvalue weighted by Crippen LogP contribution is 2.49. The zero-order valence-corrected chi connectivity index (χ0v) is 11.7. The van der Waals surface area contributed by atoms with E-state index < -0.39 is 0 Å². The average molecular weight is 247 g/mol. The van der Waals surface area contributed by atoms with Crippen molar-refractivity contribution in [3.63, 3.8) is 0 Å². The molecule has 1 N–H and O–H groups in total. The first kappa shape index (κ1) is 13.5. The smallest absolute Gasteiger partial charge is 0.115 e. The van der Waals surface area contributed by atoms with Gasteiger partial charge in [-0.25, -0.2) is 9.97 Å². The monoisotopic (exact) mass is 247 g/mol. The molecule has 1 saturated carbocycles. The van der Waals surface area contributed by atoms with Gasteiger partial charge in [0.05, 0.1) is 0 Å². The Labute approximate surface area is 110 Å². The quantitative estimate of drug-likeness (QED) is 0.836. The Hall–Kier alpha value is -0.960. The van der Waals surface area contributed by atoms with Crippen LogP contribution in [0.3, 0.4) is 0 Å². The molecule has 1 aliphatic carbocycles. The first-order valence-electron chi connectivity index (χ1n) is 7.30. The number of rotatable bonds is 6. The minimum Gasteiger partial charge on any atom is -0.309 e. The zero-order chi connectivity index (χ0) is 12.8. The summed E-state index contributed by atoms with van der Waals surface area (Å²) >= 11 is 0. The van der Waals surface area contributed by atoms with E-state index in [2.05, 4.69) is 29.1 Å². The fourth-order valence-corrected chi connectivity index (χ4v) is 3.36. The minimum absolute atomic E-state index is 0.417. The summed E-state index contributed by atoms with van der Waals surface area (Å²) in [5.41, 5.74) is 1.68. The van der Waals surface area contributed by atoms with E-state index >= 15 is 0 Å². The Bertz CT molecular complexity index is 344. The molecule has 100 valence electrons. The summed E-state index contributed by atoms with van der Waals surface area (Å²) in [5, 5.41) is 3.74. The van der Waals surface area contributed by atoms with Crippen LogP contribution >= 0.6 is 0 Å². The Morgan fingerprint density at radius 2 is 1.89 bits per heavy atom. The molecule has 0 spiro atoms. The highest BCUT2D eigenvalue weighted by Gasteiger charge is 2.40. The van der Waals surface area contributed by atoms with Gasteiger partial charge in [-0.2, -0.15) is 0 Å². The number of nitrogens with zero attached hydrogens (tertiary/aromatic N) is 2. The Kier molecular flexibility index (Phi) is 4.70. The van der Waals surface area contributed by atoms with Gasteiger partial charge in [0.2, 0.25) is 0 Å². The Morgan fingerprint density at radius 1 is 1.22 bits per heavy atom. The van der Waals surface area contributed by atoms with Crippen LogP contribution < -0.4 is 5.32 Å². The maximum atomic E-state index is 4.20. The first-order valence-corrected chi connectivity index (χ1v) is 7.30. The average Bonchev–Trinajstić information content (AvgIpc) is 2.90. The lowest BCUT2D eigenvalue weighted by Crippen LogP contribution is -2.36. The van der Waals surface area contributed by atoms with Gasteiger partial charge in [0.1, 0.15) is 6.33 Å². The fraction of sp³-hybridized carbons (Fsp3) is 0.733. The summed E-state index contributed by atoms with van der Waals surface area (Å²) in [6, 6.07) is 0.422. The van der Waals surface area contributed by atoms with Crippen molar-refractivity contribution in [2.24, 2.45) is 5.41 Å². The van der Waals surface area contributed by atoms with Crippen molar-refractivity contribution in [2.45, 2.75) is 58.4 Å². The molecule has 2 rings (SSSR count). The van der Waals surface area contributed by atoms with E-state index in [1.165, 1.54) is 44.1 Å². The predicted molar refractivity (Wildman–Crippen MR) is 74.3 cm³/mol. The first-order chi connectivity index (χ1) is 8.82. The molecule has 1 unspecified atom stereocenters. The third-order valence-electron chi connectivity index (χ3n) is 4.43. The molecule has 1 aromatic heterocycles. The van der Waals surface area contributed by atoms with E-state index in [1.807, 2.05) is 12.4 Å². The summed E-state index contributed by atoms with van der Waals surface area (Å²) in [6.45, 7) is 5.62. The van der Waals surface area contributed by atoms with Gasteiger partial charge in [0, 0.05) is 24.0 Å². The normalized spacial score (nSPS) is 19.9. The molecule has 1 aliphatic rings. The molecular formula is C15H25N3.